The first kappa shape index (κ1) is 36.5. The van der Waals surface area contributed by atoms with Crippen molar-refractivity contribution in [2.45, 2.75) is 90.6 Å². The van der Waals surface area contributed by atoms with E-state index in [1.54, 1.807) is 14.2 Å². The minimum absolute atomic E-state index is 0.0543. The van der Waals surface area contributed by atoms with Gasteiger partial charge in [-0.05, 0) is 62.1 Å². The summed E-state index contributed by atoms with van der Waals surface area (Å²) in [4.78, 5) is 15.9. The molecule has 2 saturated heterocycles. The quantitative estimate of drug-likeness (QED) is 0.212. The van der Waals surface area contributed by atoms with Gasteiger partial charge in [0.15, 0.2) is 11.5 Å². The first-order valence-electron chi connectivity index (χ1n) is 16.5. The van der Waals surface area contributed by atoms with E-state index in [2.05, 4.69) is 55.4 Å². The Labute approximate surface area is 266 Å². The van der Waals surface area contributed by atoms with Crippen LogP contribution in [0.4, 0.5) is 0 Å². The van der Waals surface area contributed by atoms with Gasteiger partial charge in [0.05, 0.1) is 33.0 Å². The van der Waals surface area contributed by atoms with Crippen LogP contribution in [0.3, 0.4) is 0 Å². The molecule has 10 heteroatoms. The standard InChI is InChI=1S/C34H60N4O6/c1-24(2)27(20-26-10-11-29(41-8)30(21-26)43-17-9-16-40-7)22-28-31(44-33(5,6)37-28)23-34(35,25(3)4)32(39)36-12-13-38-14-18-42-19-15-38/h10-11,21,24-25,27-28,31,37H,9,12-20,22-23,35H2,1-8H3,(H,36,39)/t27-,28-,31-,34-/m0/s1. The summed E-state index contributed by atoms with van der Waals surface area (Å²) >= 11 is 0. The lowest BCUT2D eigenvalue weighted by Crippen LogP contribution is -2.60. The van der Waals surface area contributed by atoms with Gasteiger partial charge in [0, 0.05) is 58.8 Å². The number of nitrogens with two attached hydrogens (primary N) is 1. The molecule has 0 bridgehead atoms. The maximum atomic E-state index is 13.6. The number of carbonyl (C=O) groups excluding carboxylic acids is 1. The van der Waals surface area contributed by atoms with Crippen LogP contribution in [0.2, 0.25) is 0 Å². The minimum atomic E-state index is -1.05. The molecular weight excluding hydrogens is 560 g/mol. The molecule has 4 N–H and O–H groups in total. The van der Waals surface area contributed by atoms with Crippen molar-refractivity contribution in [1.29, 1.82) is 0 Å². The molecule has 1 aromatic carbocycles. The Morgan fingerprint density at radius 1 is 1.16 bits per heavy atom. The van der Waals surface area contributed by atoms with Gasteiger partial charge < -0.3 is 34.7 Å². The predicted molar refractivity (Wildman–Crippen MR) is 174 cm³/mol. The van der Waals surface area contributed by atoms with E-state index in [0.717, 1.165) is 63.6 Å². The van der Waals surface area contributed by atoms with Gasteiger partial charge in [-0.3, -0.25) is 15.0 Å². The van der Waals surface area contributed by atoms with Crippen molar-refractivity contribution in [3.63, 3.8) is 0 Å². The summed E-state index contributed by atoms with van der Waals surface area (Å²) in [6, 6.07) is 6.28. The molecule has 3 rings (SSSR count). The van der Waals surface area contributed by atoms with E-state index in [9.17, 15) is 4.79 Å². The lowest BCUT2D eigenvalue weighted by atomic mass is 9.77. The highest BCUT2D eigenvalue weighted by molar-refractivity contribution is 5.86. The maximum Gasteiger partial charge on any atom is 0.240 e. The molecule has 0 aromatic heterocycles. The van der Waals surface area contributed by atoms with Gasteiger partial charge >= 0.3 is 0 Å². The van der Waals surface area contributed by atoms with Gasteiger partial charge in [0.25, 0.3) is 0 Å². The Hall–Kier alpha value is -1.95. The summed E-state index contributed by atoms with van der Waals surface area (Å²) in [6.07, 6.45) is 2.85. The number of nitrogens with zero attached hydrogens (tertiary/aromatic N) is 1. The third-order valence-electron chi connectivity index (χ3n) is 9.21. The zero-order valence-electron chi connectivity index (χ0n) is 28.6. The van der Waals surface area contributed by atoms with Gasteiger partial charge in [-0.1, -0.05) is 33.8 Å². The molecule has 0 unspecified atom stereocenters. The molecule has 1 aromatic rings. The van der Waals surface area contributed by atoms with E-state index in [0.29, 0.717) is 38.0 Å². The van der Waals surface area contributed by atoms with Crippen LogP contribution in [0.5, 0.6) is 11.5 Å². The van der Waals surface area contributed by atoms with Crippen molar-refractivity contribution in [2.24, 2.45) is 23.5 Å². The third kappa shape index (κ3) is 10.6. The third-order valence-corrected chi connectivity index (χ3v) is 9.21. The van der Waals surface area contributed by atoms with Gasteiger partial charge in [0.1, 0.15) is 11.3 Å². The summed E-state index contributed by atoms with van der Waals surface area (Å²) in [5.74, 6) is 2.14. The summed E-state index contributed by atoms with van der Waals surface area (Å²) in [5, 5.41) is 6.86. The number of ether oxygens (including phenoxy) is 5. The molecule has 10 nitrogen and oxygen atoms in total. The first-order chi connectivity index (χ1) is 20.9. The summed E-state index contributed by atoms with van der Waals surface area (Å²) in [6.45, 7) is 18.6. The van der Waals surface area contributed by atoms with Gasteiger partial charge in [-0.2, -0.15) is 0 Å². The fraction of sp³-hybridized carbons (Fsp3) is 0.794. The topological polar surface area (TPSA) is 117 Å². The molecule has 2 aliphatic heterocycles. The largest absolute Gasteiger partial charge is 0.493 e. The van der Waals surface area contributed by atoms with Crippen LogP contribution in [-0.4, -0.2) is 101 Å². The number of nitrogens with one attached hydrogen (secondary N) is 2. The monoisotopic (exact) mass is 620 g/mol. The maximum absolute atomic E-state index is 13.6. The lowest BCUT2D eigenvalue weighted by Gasteiger charge is -2.36. The number of hydrogen-bond acceptors (Lipinski definition) is 9. The van der Waals surface area contributed by atoms with E-state index in [1.807, 2.05) is 19.9 Å². The fourth-order valence-corrected chi connectivity index (χ4v) is 6.24. The van der Waals surface area contributed by atoms with E-state index in [1.165, 1.54) is 5.56 Å². The van der Waals surface area contributed by atoms with Crippen LogP contribution >= 0.6 is 0 Å². The van der Waals surface area contributed by atoms with Crippen LogP contribution in [0.25, 0.3) is 0 Å². The van der Waals surface area contributed by atoms with Crippen molar-refractivity contribution in [3.05, 3.63) is 23.8 Å². The first-order valence-corrected chi connectivity index (χ1v) is 16.5. The number of methoxy groups -OCH3 is 2. The molecule has 252 valence electrons. The predicted octanol–water partition coefficient (Wildman–Crippen LogP) is 3.60. The highest BCUT2D eigenvalue weighted by Crippen LogP contribution is 2.36. The molecule has 2 heterocycles. The molecular formula is C34H60N4O6. The molecule has 2 aliphatic rings. The molecule has 2 fully saturated rings. The van der Waals surface area contributed by atoms with Crippen LogP contribution in [-0.2, 0) is 25.4 Å². The zero-order valence-corrected chi connectivity index (χ0v) is 28.6. The van der Waals surface area contributed by atoms with Crippen LogP contribution in [0.1, 0.15) is 66.4 Å². The molecule has 0 spiro atoms. The van der Waals surface area contributed by atoms with E-state index < -0.39 is 11.3 Å². The van der Waals surface area contributed by atoms with Crippen LogP contribution < -0.4 is 25.8 Å². The highest BCUT2D eigenvalue weighted by atomic mass is 16.5. The number of morpholine rings is 1. The van der Waals surface area contributed by atoms with E-state index >= 15 is 0 Å². The van der Waals surface area contributed by atoms with Crippen molar-refractivity contribution in [1.82, 2.24) is 15.5 Å². The summed E-state index contributed by atoms with van der Waals surface area (Å²) in [5.41, 5.74) is 6.61. The van der Waals surface area contributed by atoms with Gasteiger partial charge in [-0.15, -0.1) is 0 Å². The molecule has 4 atom stereocenters. The Balaban J connectivity index is 1.69. The zero-order chi connectivity index (χ0) is 32.3. The average Bonchev–Trinajstić information content (AvgIpc) is 3.27. The number of carbonyl (C=O) groups is 1. The Bertz CT molecular complexity index is 1020. The van der Waals surface area contributed by atoms with Crippen LogP contribution in [0, 0.1) is 17.8 Å². The lowest BCUT2D eigenvalue weighted by molar-refractivity contribution is -0.130. The number of rotatable bonds is 18. The highest BCUT2D eigenvalue weighted by Gasteiger charge is 2.47. The number of hydrogen-bond donors (Lipinski definition) is 3. The second-order valence-corrected chi connectivity index (χ2v) is 13.7. The minimum Gasteiger partial charge on any atom is -0.493 e. The van der Waals surface area contributed by atoms with Gasteiger partial charge in [0.2, 0.25) is 5.91 Å². The smallest absolute Gasteiger partial charge is 0.240 e. The summed E-state index contributed by atoms with van der Waals surface area (Å²) < 4.78 is 28.8. The van der Waals surface area contributed by atoms with Crippen molar-refractivity contribution < 1.29 is 28.5 Å². The second kappa shape index (κ2) is 17.1. The SMILES string of the molecule is COCCCOc1cc(C[C@@H](C[C@@H]2NC(C)(C)O[C@H]2C[C@@](N)(C(=O)NCCN2CCOCC2)C(C)C)C(C)C)ccc1OC. The molecule has 0 aliphatic carbocycles. The van der Waals surface area contributed by atoms with Crippen LogP contribution in [0.15, 0.2) is 18.2 Å². The van der Waals surface area contributed by atoms with Gasteiger partial charge in [-0.25, -0.2) is 0 Å². The van der Waals surface area contributed by atoms with Crippen molar-refractivity contribution >= 4 is 5.91 Å². The van der Waals surface area contributed by atoms with Crippen molar-refractivity contribution in [3.8, 4) is 11.5 Å². The molecule has 1 amide bonds. The second-order valence-electron chi connectivity index (χ2n) is 13.7. The fourth-order valence-electron chi connectivity index (χ4n) is 6.24. The molecule has 0 saturated carbocycles. The average molecular weight is 621 g/mol. The molecule has 0 radical (unpaired) electrons. The Kier molecular flexibility index (Phi) is 14.2. The van der Waals surface area contributed by atoms with E-state index in [4.69, 9.17) is 29.4 Å². The normalized spacial score (nSPS) is 22.6. The van der Waals surface area contributed by atoms with Crippen molar-refractivity contribution in [2.75, 3.05) is 66.8 Å². The van der Waals surface area contributed by atoms with E-state index in [-0.39, 0.29) is 24.0 Å². The number of benzene rings is 1. The summed E-state index contributed by atoms with van der Waals surface area (Å²) in [7, 11) is 3.36. The Morgan fingerprint density at radius 2 is 1.89 bits per heavy atom. The number of amides is 1. The Morgan fingerprint density at radius 3 is 2.52 bits per heavy atom. The molecule has 44 heavy (non-hydrogen) atoms.